The average Bonchev–Trinajstić information content (AvgIpc) is 2.75. The van der Waals surface area contributed by atoms with E-state index in [-0.39, 0.29) is 23.8 Å². The molecular weight excluding hydrogens is 230 g/mol. The highest BCUT2D eigenvalue weighted by molar-refractivity contribution is 5.81. The van der Waals surface area contributed by atoms with Gasteiger partial charge in [0.15, 0.2) is 0 Å². The molecule has 0 unspecified atom stereocenters. The second-order valence-corrected chi connectivity index (χ2v) is 5.30. The minimum absolute atomic E-state index is 0.0212. The summed E-state index contributed by atoms with van der Waals surface area (Å²) >= 11 is 0. The molecule has 1 aliphatic carbocycles. The van der Waals surface area contributed by atoms with Crippen LogP contribution in [0.1, 0.15) is 39.5 Å². The molecule has 4 N–H and O–H groups in total. The predicted octanol–water partition coefficient (Wildman–Crippen LogP) is 0.392. The first kappa shape index (κ1) is 15.0. The number of carbonyl (C=O) groups is 2. The van der Waals surface area contributed by atoms with Crippen LogP contribution in [0.2, 0.25) is 0 Å². The molecule has 0 aliphatic heterocycles. The van der Waals surface area contributed by atoms with Crippen molar-refractivity contribution in [1.29, 1.82) is 0 Å². The Morgan fingerprint density at radius 2 is 2.06 bits per heavy atom. The first-order valence-electron chi connectivity index (χ1n) is 6.81. The van der Waals surface area contributed by atoms with Gasteiger partial charge >= 0.3 is 0 Å². The van der Waals surface area contributed by atoms with Crippen molar-refractivity contribution in [2.24, 2.45) is 17.6 Å². The Balaban J connectivity index is 2.23. The zero-order valence-corrected chi connectivity index (χ0v) is 11.4. The quantitative estimate of drug-likeness (QED) is 0.642. The SMILES string of the molecule is CC(C)NC(=O)CCNC(=O)[C@@H]1CCC[C@@H]1CN. The van der Waals surface area contributed by atoms with E-state index in [1.807, 2.05) is 13.8 Å². The summed E-state index contributed by atoms with van der Waals surface area (Å²) in [5, 5.41) is 5.63. The molecule has 1 aliphatic rings. The Hall–Kier alpha value is -1.10. The van der Waals surface area contributed by atoms with Crippen molar-refractivity contribution >= 4 is 11.8 Å². The summed E-state index contributed by atoms with van der Waals surface area (Å²) in [5.41, 5.74) is 5.65. The van der Waals surface area contributed by atoms with E-state index < -0.39 is 0 Å². The lowest BCUT2D eigenvalue weighted by atomic mass is 9.95. The fourth-order valence-corrected chi connectivity index (χ4v) is 2.49. The molecule has 0 aromatic carbocycles. The van der Waals surface area contributed by atoms with E-state index in [2.05, 4.69) is 10.6 Å². The summed E-state index contributed by atoms with van der Waals surface area (Å²) in [6, 6.07) is 0.143. The molecule has 0 heterocycles. The molecule has 1 fully saturated rings. The van der Waals surface area contributed by atoms with Crippen LogP contribution >= 0.6 is 0 Å². The molecule has 5 nitrogen and oxygen atoms in total. The Kier molecular flexibility index (Phi) is 6.12. The molecule has 0 aromatic rings. The maximum Gasteiger partial charge on any atom is 0.223 e. The molecule has 0 radical (unpaired) electrons. The van der Waals surface area contributed by atoms with Crippen molar-refractivity contribution in [1.82, 2.24) is 10.6 Å². The van der Waals surface area contributed by atoms with Crippen molar-refractivity contribution in [3.8, 4) is 0 Å². The van der Waals surface area contributed by atoms with Crippen LogP contribution in [0.25, 0.3) is 0 Å². The van der Waals surface area contributed by atoms with E-state index in [1.165, 1.54) is 0 Å². The minimum atomic E-state index is -0.0212. The van der Waals surface area contributed by atoms with Crippen LogP contribution in [-0.2, 0) is 9.59 Å². The number of rotatable bonds is 6. The molecule has 1 rings (SSSR count). The zero-order chi connectivity index (χ0) is 13.5. The van der Waals surface area contributed by atoms with Gasteiger partial charge in [0.05, 0.1) is 0 Å². The molecule has 0 bridgehead atoms. The maximum atomic E-state index is 11.9. The van der Waals surface area contributed by atoms with Gasteiger partial charge in [0.1, 0.15) is 0 Å². The van der Waals surface area contributed by atoms with Gasteiger partial charge in [-0.1, -0.05) is 6.42 Å². The number of nitrogens with two attached hydrogens (primary N) is 1. The second-order valence-electron chi connectivity index (χ2n) is 5.30. The smallest absolute Gasteiger partial charge is 0.223 e. The van der Waals surface area contributed by atoms with Gasteiger partial charge in [0.2, 0.25) is 11.8 Å². The molecule has 0 aromatic heterocycles. The lowest BCUT2D eigenvalue weighted by Crippen LogP contribution is -2.38. The third-order valence-electron chi connectivity index (χ3n) is 3.40. The van der Waals surface area contributed by atoms with Crippen molar-refractivity contribution in [3.05, 3.63) is 0 Å². The zero-order valence-electron chi connectivity index (χ0n) is 11.4. The minimum Gasteiger partial charge on any atom is -0.355 e. The first-order chi connectivity index (χ1) is 8.54. The molecule has 2 amide bonds. The van der Waals surface area contributed by atoms with Crippen LogP contribution < -0.4 is 16.4 Å². The van der Waals surface area contributed by atoms with Gasteiger partial charge in [0.25, 0.3) is 0 Å². The molecule has 18 heavy (non-hydrogen) atoms. The summed E-state index contributed by atoms with van der Waals surface area (Å²) in [4.78, 5) is 23.3. The number of hydrogen-bond donors (Lipinski definition) is 3. The molecular formula is C13H25N3O2. The van der Waals surface area contributed by atoms with E-state index >= 15 is 0 Å². The summed E-state index contributed by atoms with van der Waals surface area (Å²) < 4.78 is 0. The number of amides is 2. The van der Waals surface area contributed by atoms with Gasteiger partial charge in [-0.3, -0.25) is 9.59 Å². The Morgan fingerprint density at radius 1 is 1.33 bits per heavy atom. The van der Waals surface area contributed by atoms with Crippen molar-refractivity contribution in [3.63, 3.8) is 0 Å². The van der Waals surface area contributed by atoms with Gasteiger partial charge in [-0.25, -0.2) is 0 Å². The molecule has 2 atom stereocenters. The third kappa shape index (κ3) is 4.64. The lowest BCUT2D eigenvalue weighted by Gasteiger charge is -2.17. The monoisotopic (exact) mass is 255 g/mol. The summed E-state index contributed by atoms with van der Waals surface area (Å²) in [7, 11) is 0. The second kappa shape index (κ2) is 7.36. The molecule has 5 heteroatoms. The van der Waals surface area contributed by atoms with Gasteiger partial charge in [-0.2, -0.15) is 0 Å². The number of hydrogen-bond acceptors (Lipinski definition) is 3. The fourth-order valence-electron chi connectivity index (χ4n) is 2.49. The van der Waals surface area contributed by atoms with Crippen LogP contribution in [0.4, 0.5) is 0 Å². The Bertz CT molecular complexity index is 292. The first-order valence-corrected chi connectivity index (χ1v) is 6.81. The highest BCUT2D eigenvalue weighted by Gasteiger charge is 2.31. The standard InChI is InChI=1S/C13H25N3O2/c1-9(2)16-12(17)6-7-15-13(18)11-5-3-4-10(11)8-14/h9-11H,3-8,14H2,1-2H3,(H,15,18)(H,16,17)/t10-,11-/m1/s1. The summed E-state index contributed by atoms with van der Waals surface area (Å²) in [5.74, 6) is 0.394. The van der Waals surface area contributed by atoms with E-state index in [4.69, 9.17) is 5.73 Å². The van der Waals surface area contributed by atoms with Gasteiger partial charge in [0, 0.05) is 24.9 Å². The molecule has 0 spiro atoms. The van der Waals surface area contributed by atoms with Crippen LogP contribution in [0.3, 0.4) is 0 Å². The van der Waals surface area contributed by atoms with Crippen LogP contribution in [-0.4, -0.2) is 30.9 Å². The van der Waals surface area contributed by atoms with Gasteiger partial charge in [-0.15, -0.1) is 0 Å². The predicted molar refractivity (Wildman–Crippen MR) is 70.8 cm³/mol. The number of nitrogens with one attached hydrogen (secondary N) is 2. The molecule has 104 valence electrons. The van der Waals surface area contributed by atoms with Crippen molar-refractivity contribution in [2.45, 2.75) is 45.6 Å². The number of carbonyl (C=O) groups excluding carboxylic acids is 2. The van der Waals surface area contributed by atoms with E-state index in [0.717, 1.165) is 19.3 Å². The van der Waals surface area contributed by atoms with Crippen LogP contribution in [0.5, 0.6) is 0 Å². The Labute approximate surface area is 109 Å². The van der Waals surface area contributed by atoms with Crippen molar-refractivity contribution < 1.29 is 9.59 Å². The largest absolute Gasteiger partial charge is 0.355 e. The van der Waals surface area contributed by atoms with Crippen LogP contribution in [0, 0.1) is 11.8 Å². The maximum absolute atomic E-state index is 11.9. The van der Waals surface area contributed by atoms with Crippen molar-refractivity contribution in [2.75, 3.05) is 13.1 Å². The Morgan fingerprint density at radius 3 is 2.67 bits per heavy atom. The normalized spacial score (nSPS) is 23.1. The summed E-state index contributed by atoms with van der Waals surface area (Å²) in [6.45, 7) is 4.82. The lowest BCUT2D eigenvalue weighted by molar-refractivity contribution is -0.126. The van der Waals surface area contributed by atoms with Gasteiger partial charge in [-0.05, 0) is 39.2 Å². The highest BCUT2D eigenvalue weighted by Crippen LogP contribution is 2.30. The summed E-state index contributed by atoms with van der Waals surface area (Å²) in [6.07, 6.45) is 3.38. The molecule has 0 saturated heterocycles. The van der Waals surface area contributed by atoms with E-state index in [0.29, 0.717) is 25.4 Å². The van der Waals surface area contributed by atoms with E-state index in [9.17, 15) is 9.59 Å². The topological polar surface area (TPSA) is 84.2 Å². The van der Waals surface area contributed by atoms with Crippen LogP contribution in [0.15, 0.2) is 0 Å². The molecule has 1 saturated carbocycles. The van der Waals surface area contributed by atoms with E-state index in [1.54, 1.807) is 0 Å². The fraction of sp³-hybridized carbons (Fsp3) is 0.846. The van der Waals surface area contributed by atoms with Gasteiger partial charge < -0.3 is 16.4 Å². The average molecular weight is 255 g/mol. The third-order valence-corrected chi connectivity index (χ3v) is 3.40. The highest BCUT2D eigenvalue weighted by atomic mass is 16.2.